The highest BCUT2D eigenvalue weighted by molar-refractivity contribution is 5.44. The van der Waals surface area contributed by atoms with Crippen LogP contribution in [0.5, 0.6) is 5.88 Å². The van der Waals surface area contributed by atoms with E-state index in [1.54, 1.807) is 13.8 Å². The Kier molecular flexibility index (Phi) is 3.08. The van der Waals surface area contributed by atoms with Crippen molar-refractivity contribution in [2.24, 2.45) is 0 Å². The minimum Gasteiger partial charge on any atom is -0.478 e. The van der Waals surface area contributed by atoms with Crippen LogP contribution in [0.3, 0.4) is 0 Å². The third-order valence-corrected chi connectivity index (χ3v) is 2.77. The Labute approximate surface area is 103 Å². The number of halogens is 3. The van der Waals surface area contributed by atoms with Crippen LogP contribution in [0.1, 0.15) is 25.6 Å². The van der Waals surface area contributed by atoms with E-state index >= 15 is 0 Å². The molecule has 0 aliphatic heterocycles. The highest BCUT2D eigenvalue weighted by atomic mass is 19.4. The van der Waals surface area contributed by atoms with Crippen molar-refractivity contribution in [1.29, 1.82) is 0 Å². The van der Waals surface area contributed by atoms with Gasteiger partial charge in [-0.05, 0) is 26.7 Å². The van der Waals surface area contributed by atoms with Crippen LogP contribution in [0.4, 0.5) is 19.0 Å². The van der Waals surface area contributed by atoms with Crippen molar-refractivity contribution in [2.45, 2.75) is 38.4 Å². The quantitative estimate of drug-likeness (QED) is 0.905. The Hall–Kier alpha value is -1.53. The molecule has 0 atom stereocenters. The summed E-state index contributed by atoms with van der Waals surface area (Å²) in [6, 6.07) is 1.39. The molecule has 1 saturated carbocycles. The molecule has 7 heteroatoms. The summed E-state index contributed by atoms with van der Waals surface area (Å²) in [4.78, 5) is 7.93. The van der Waals surface area contributed by atoms with Crippen LogP contribution < -0.4 is 10.1 Å². The Balaban J connectivity index is 2.19. The number of anilines is 1. The van der Waals surface area contributed by atoms with Crippen molar-refractivity contribution < 1.29 is 17.9 Å². The van der Waals surface area contributed by atoms with Gasteiger partial charge in [-0.3, -0.25) is 0 Å². The lowest BCUT2D eigenvalue weighted by molar-refractivity contribution is -0.151. The molecule has 0 aromatic carbocycles. The second kappa shape index (κ2) is 4.29. The average Bonchev–Trinajstić information content (AvgIpc) is 2.97. The van der Waals surface area contributed by atoms with Crippen LogP contribution in [0, 0.1) is 6.92 Å². The number of nitrogens with one attached hydrogen (secondary N) is 1. The van der Waals surface area contributed by atoms with Crippen molar-refractivity contribution in [3.05, 3.63) is 11.9 Å². The number of ether oxygens (including phenoxy) is 1. The summed E-state index contributed by atoms with van der Waals surface area (Å²) in [5, 5.41) is 2.45. The lowest BCUT2D eigenvalue weighted by Crippen LogP contribution is -2.39. The lowest BCUT2D eigenvalue weighted by Gasteiger charge is -2.21. The predicted octanol–water partition coefficient (Wildman–Crippen LogP) is 2.69. The van der Waals surface area contributed by atoms with E-state index < -0.39 is 11.7 Å². The highest BCUT2D eigenvalue weighted by Crippen LogP contribution is 2.51. The topological polar surface area (TPSA) is 47.0 Å². The number of hydrogen-bond acceptors (Lipinski definition) is 4. The second-order valence-electron chi connectivity index (χ2n) is 4.28. The first-order chi connectivity index (χ1) is 8.36. The summed E-state index contributed by atoms with van der Waals surface area (Å²) in [6.45, 7) is 3.80. The first-order valence-corrected chi connectivity index (χ1v) is 5.70. The molecule has 1 aromatic heterocycles. The molecular weight excluding hydrogens is 247 g/mol. The summed E-state index contributed by atoms with van der Waals surface area (Å²) in [6.07, 6.45) is -4.12. The zero-order valence-electron chi connectivity index (χ0n) is 10.1. The summed E-state index contributed by atoms with van der Waals surface area (Å²) >= 11 is 0. The van der Waals surface area contributed by atoms with Crippen molar-refractivity contribution >= 4 is 5.82 Å². The van der Waals surface area contributed by atoms with Gasteiger partial charge in [-0.1, -0.05) is 0 Å². The minimum absolute atomic E-state index is 0.0729. The van der Waals surface area contributed by atoms with E-state index in [2.05, 4.69) is 15.3 Å². The molecule has 0 saturated heterocycles. The molecule has 1 heterocycles. The Morgan fingerprint density at radius 2 is 2.06 bits per heavy atom. The zero-order chi connectivity index (χ0) is 13.4. The second-order valence-corrected chi connectivity index (χ2v) is 4.28. The van der Waals surface area contributed by atoms with Gasteiger partial charge < -0.3 is 10.1 Å². The molecule has 1 fully saturated rings. The normalized spacial score (nSPS) is 17.4. The van der Waals surface area contributed by atoms with Crippen molar-refractivity contribution in [2.75, 3.05) is 11.9 Å². The van der Waals surface area contributed by atoms with E-state index in [0.717, 1.165) is 0 Å². The maximum Gasteiger partial charge on any atom is 0.411 e. The molecule has 0 amide bonds. The third kappa shape index (κ3) is 2.49. The number of aromatic nitrogens is 2. The first-order valence-electron chi connectivity index (χ1n) is 5.70. The fourth-order valence-electron chi connectivity index (χ4n) is 1.68. The van der Waals surface area contributed by atoms with Crippen LogP contribution >= 0.6 is 0 Å². The zero-order valence-corrected chi connectivity index (χ0v) is 10.1. The maximum atomic E-state index is 12.8. The van der Waals surface area contributed by atoms with E-state index in [-0.39, 0.29) is 24.5 Å². The number of hydrogen-bond donors (Lipinski definition) is 1. The van der Waals surface area contributed by atoms with Crippen LogP contribution in [0.2, 0.25) is 0 Å². The molecule has 1 N–H and O–H groups in total. The first kappa shape index (κ1) is 12.9. The molecule has 0 unspecified atom stereocenters. The van der Waals surface area contributed by atoms with Crippen LogP contribution in [-0.4, -0.2) is 28.3 Å². The summed E-state index contributed by atoms with van der Waals surface area (Å²) < 4.78 is 43.6. The van der Waals surface area contributed by atoms with Gasteiger partial charge in [0.1, 0.15) is 17.2 Å². The molecule has 0 radical (unpaired) electrons. The van der Waals surface area contributed by atoms with E-state index in [1.807, 2.05) is 0 Å². The smallest absolute Gasteiger partial charge is 0.411 e. The SMILES string of the molecule is CCOc1cc(NC2(C(F)(F)F)CC2)nc(C)n1. The van der Waals surface area contributed by atoms with E-state index in [0.29, 0.717) is 12.4 Å². The summed E-state index contributed by atoms with van der Waals surface area (Å²) in [5.74, 6) is 0.813. The molecule has 18 heavy (non-hydrogen) atoms. The standard InChI is InChI=1S/C11H14F3N3O/c1-3-18-9-6-8(15-7(2)16-9)17-10(4-5-10)11(12,13)14/h6H,3-5H2,1-2H3,(H,15,16,17). The highest BCUT2D eigenvalue weighted by Gasteiger charge is 2.63. The monoisotopic (exact) mass is 261 g/mol. The van der Waals surface area contributed by atoms with E-state index in [4.69, 9.17) is 4.74 Å². The van der Waals surface area contributed by atoms with E-state index in [1.165, 1.54) is 6.07 Å². The summed E-state index contributed by atoms with van der Waals surface area (Å²) in [5.41, 5.74) is -1.82. The maximum absolute atomic E-state index is 12.8. The molecule has 100 valence electrons. The van der Waals surface area contributed by atoms with Crippen molar-refractivity contribution in [1.82, 2.24) is 9.97 Å². The van der Waals surface area contributed by atoms with Gasteiger partial charge in [0, 0.05) is 6.07 Å². The van der Waals surface area contributed by atoms with Crippen LogP contribution in [-0.2, 0) is 0 Å². The van der Waals surface area contributed by atoms with Crippen LogP contribution in [0.25, 0.3) is 0 Å². The Morgan fingerprint density at radius 3 is 2.56 bits per heavy atom. The molecular formula is C11H14F3N3O. The van der Waals surface area contributed by atoms with Gasteiger partial charge in [0.2, 0.25) is 5.88 Å². The van der Waals surface area contributed by atoms with Crippen molar-refractivity contribution in [3.63, 3.8) is 0 Å². The molecule has 0 spiro atoms. The van der Waals surface area contributed by atoms with Gasteiger partial charge in [0.25, 0.3) is 0 Å². The largest absolute Gasteiger partial charge is 0.478 e. The molecule has 0 bridgehead atoms. The van der Waals surface area contributed by atoms with E-state index in [9.17, 15) is 13.2 Å². The van der Waals surface area contributed by atoms with Gasteiger partial charge in [-0.15, -0.1) is 0 Å². The summed E-state index contributed by atoms with van der Waals surface area (Å²) in [7, 11) is 0. The van der Waals surface area contributed by atoms with Gasteiger partial charge in [-0.2, -0.15) is 18.2 Å². The Bertz CT molecular complexity index is 444. The Morgan fingerprint density at radius 1 is 1.39 bits per heavy atom. The predicted molar refractivity (Wildman–Crippen MR) is 59.6 cm³/mol. The van der Waals surface area contributed by atoms with Gasteiger partial charge >= 0.3 is 6.18 Å². The fourth-order valence-corrected chi connectivity index (χ4v) is 1.68. The van der Waals surface area contributed by atoms with Gasteiger partial charge in [0.15, 0.2) is 0 Å². The third-order valence-electron chi connectivity index (χ3n) is 2.77. The number of nitrogens with zero attached hydrogens (tertiary/aromatic N) is 2. The number of aryl methyl sites for hydroxylation is 1. The minimum atomic E-state index is -4.27. The van der Waals surface area contributed by atoms with Gasteiger partial charge in [0.05, 0.1) is 6.61 Å². The molecule has 4 nitrogen and oxygen atoms in total. The average molecular weight is 261 g/mol. The fraction of sp³-hybridized carbons (Fsp3) is 0.636. The van der Waals surface area contributed by atoms with Crippen LogP contribution in [0.15, 0.2) is 6.07 Å². The molecule has 1 aromatic rings. The molecule has 2 rings (SSSR count). The van der Waals surface area contributed by atoms with Gasteiger partial charge in [-0.25, -0.2) is 4.98 Å². The number of alkyl halides is 3. The molecule has 1 aliphatic rings. The number of rotatable bonds is 4. The molecule has 1 aliphatic carbocycles. The van der Waals surface area contributed by atoms with Crippen molar-refractivity contribution in [3.8, 4) is 5.88 Å². The lowest BCUT2D eigenvalue weighted by atomic mass is 10.2.